The third-order valence-corrected chi connectivity index (χ3v) is 16.4. The van der Waals surface area contributed by atoms with E-state index >= 15 is 0 Å². The van der Waals surface area contributed by atoms with Crippen molar-refractivity contribution in [3.63, 3.8) is 0 Å². The average molecular weight is 357 g/mol. The van der Waals surface area contributed by atoms with E-state index in [1.54, 1.807) is 0 Å². The van der Waals surface area contributed by atoms with Gasteiger partial charge in [-0.25, -0.2) is 0 Å². The number of unbranched alkanes of at least 4 members (excludes halogenated alkanes) is 2. The molecule has 1 rings (SSSR count). The number of hydrogen-bond donors (Lipinski definition) is 0. The molecule has 0 saturated heterocycles. The molecule has 104 valence electrons. The fourth-order valence-corrected chi connectivity index (χ4v) is 14.9. The van der Waals surface area contributed by atoms with E-state index in [2.05, 4.69) is 41.1 Å². The molecule has 0 amide bonds. The van der Waals surface area contributed by atoms with Gasteiger partial charge in [0.05, 0.1) is 0 Å². The minimum atomic E-state index is -2.10. The fourth-order valence-electron chi connectivity index (χ4n) is 2.71. The quantitative estimate of drug-likeness (QED) is 0.554. The topological polar surface area (TPSA) is 9.23 Å². The van der Waals surface area contributed by atoms with Gasteiger partial charge in [-0.15, -0.1) is 0 Å². The van der Waals surface area contributed by atoms with E-state index in [-0.39, 0.29) is 5.60 Å². The van der Waals surface area contributed by atoms with Crippen LogP contribution in [-0.2, 0) is 4.74 Å². The zero-order chi connectivity index (χ0) is 13.5. The predicted molar refractivity (Wildman–Crippen MR) is 83.5 cm³/mol. The van der Waals surface area contributed by atoms with Gasteiger partial charge < -0.3 is 0 Å². The van der Waals surface area contributed by atoms with Crippen LogP contribution >= 0.6 is 0 Å². The van der Waals surface area contributed by atoms with Crippen molar-refractivity contribution in [2.75, 3.05) is 7.11 Å². The molecule has 0 aromatic heterocycles. The van der Waals surface area contributed by atoms with Crippen LogP contribution in [-0.4, -0.2) is 31.1 Å². The molecule has 0 N–H and O–H groups in total. The summed E-state index contributed by atoms with van der Waals surface area (Å²) in [5.41, 5.74) is -0.0984. The van der Waals surface area contributed by atoms with E-state index in [1.807, 2.05) is 7.11 Å². The third-order valence-electron chi connectivity index (χ3n) is 4.32. The van der Waals surface area contributed by atoms with Gasteiger partial charge in [-0.2, -0.15) is 0 Å². The van der Waals surface area contributed by atoms with Crippen LogP contribution in [0.4, 0.5) is 0 Å². The van der Waals surface area contributed by atoms with Crippen LogP contribution in [0.3, 0.4) is 0 Å². The Morgan fingerprint density at radius 1 is 0.944 bits per heavy atom. The van der Waals surface area contributed by atoms with Crippen LogP contribution in [0.2, 0.25) is 8.87 Å². The molecule has 0 radical (unpaired) electrons. The van der Waals surface area contributed by atoms with Crippen LogP contribution in [0.1, 0.15) is 52.9 Å². The second kappa shape index (κ2) is 7.74. The van der Waals surface area contributed by atoms with Crippen LogP contribution < -0.4 is 0 Å². The van der Waals surface area contributed by atoms with E-state index in [0.717, 1.165) is 6.42 Å². The second-order valence-corrected chi connectivity index (χ2v) is 17.4. The molecule has 1 nitrogen and oxygen atoms in total. The van der Waals surface area contributed by atoms with Crippen LogP contribution in [0.25, 0.3) is 0 Å². The normalized spacial score (nSPS) is 20.2. The van der Waals surface area contributed by atoms with Gasteiger partial charge in [0, 0.05) is 0 Å². The number of rotatable bonds is 8. The Kier molecular flexibility index (Phi) is 7.00. The first-order valence-electron chi connectivity index (χ1n) is 7.62. The van der Waals surface area contributed by atoms with Gasteiger partial charge >= 0.3 is 118 Å². The molecule has 0 saturated carbocycles. The van der Waals surface area contributed by atoms with Crippen molar-refractivity contribution in [2.24, 2.45) is 0 Å². The summed E-state index contributed by atoms with van der Waals surface area (Å²) in [6.45, 7) is 6.82. The molecule has 1 aliphatic rings. The van der Waals surface area contributed by atoms with E-state index in [4.69, 9.17) is 4.74 Å². The Balaban J connectivity index is 2.79. The summed E-state index contributed by atoms with van der Waals surface area (Å²) in [4.78, 5) is 0. The van der Waals surface area contributed by atoms with Crippen molar-refractivity contribution >= 4 is 18.4 Å². The second-order valence-electron chi connectivity index (χ2n) is 5.62. The monoisotopic (exact) mass is 358 g/mol. The molecule has 0 spiro atoms. The molecule has 2 heteroatoms. The summed E-state index contributed by atoms with van der Waals surface area (Å²) in [6, 6.07) is 0. The maximum absolute atomic E-state index is 5.69. The van der Waals surface area contributed by atoms with Gasteiger partial charge in [0.25, 0.3) is 0 Å². The van der Waals surface area contributed by atoms with Crippen molar-refractivity contribution in [1.29, 1.82) is 0 Å². The fraction of sp³-hybridized carbons (Fsp3) is 0.750. The molecule has 0 aromatic rings. The Morgan fingerprint density at radius 2 is 1.44 bits per heavy atom. The molecular formula is C16H30OSn. The Hall–Kier alpha value is 0.239. The molecular weight excluding hydrogens is 327 g/mol. The Morgan fingerprint density at radius 3 is 1.78 bits per heavy atom. The molecule has 1 aliphatic heterocycles. The zero-order valence-electron chi connectivity index (χ0n) is 12.7. The molecule has 0 bridgehead atoms. The van der Waals surface area contributed by atoms with Crippen molar-refractivity contribution in [2.45, 2.75) is 67.3 Å². The van der Waals surface area contributed by atoms with Crippen molar-refractivity contribution in [3.8, 4) is 0 Å². The van der Waals surface area contributed by atoms with E-state index in [9.17, 15) is 0 Å². The number of hydrogen-bond acceptors (Lipinski definition) is 1. The predicted octanol–water partition coefficient (Wildman–Crippen LogP) is 5.04. The van der Waals surface area contributed by atoms with Crippen LogP contribution in [0.5, 0.6) is 0 Å². The van der Waals surface area contributed by atoms with E-state index in [1.165, 1.54) is 34.6 Å². The van der Waals surface area contributed by atoms with Gasteiger partial charge in [0.2, 0.25) is 0 Å². The van der Waals surface area contributed by atoms with E-state index < -0.39 is 18.4 Å². The third kappa shape index (κ3) is 4.12. The van der Waals surface area contributed by atoms with Gasteiger partial charge in [-0.05, 0) is 0 Å². The zero-order valence-corrected chi connectivity index (χ0v) is 15.5. The summed E-state index contributed by atoms with van der Waals surface area (Å²) < 4.78 is 13.9. The Bertz CT molecular complexity index is 263. The summed E-state index contributed by atoms with van der Waals surface area (Å²) in [5.74, 6) is 0. The van der Waals surface area contributed by atoms with Crippen molar-refractivity contribution < 1.29 is 4.74 Å². The molecule has 0 aliphatic carbocycles. The summed E-state index contributed by atoms with van der Waals surface area (Å²) in [7, 11) is 1.83. The molecule has 0 aromatic carbocycles. The standard InChI is InChI=1S/C8H12O.2C4H9.Sn/c1-5-8(6-2,7-3)9-4;2*1-3-4-2;/h1-2,5-6H,7H2,3-4H3;2*1,3-4H2,2H3;. The molecule has 18 heavy (non-hydrogen) atoms. The minimum absolute atomic E-state index is 0.0984. The molecule has 0 atom stereocenters. The summed E-state index contributed by atoms with van der Waals surface area (Å²) in [5, 5.41) is 0. The van der Waals surface area contributed by atoms with Crippen LogP contribution in [0, 0.1) is 0 Å². The van der Waals surface area contributed by atoms with Crippen molar-refractivity contribution in [3.05, 3.63) is 20.3 Å². The van der Waals surface area contributed by atoms with Gasteiger partial charge in [0.1, 0.15) is 0 Å². The van der Waals surface area contributed by atoms with E-state index in [0.29, 0.717) is 0 Å². The number of ether oxygens (including phenoxy) is 1. The van der Waals surface area contributed by atoms with Crippen LogP contribution in [0.15, 0.2) is 20.3 Å². The summed E-state index contributed by atoms with van der Waals surface area (Å²) >= 11 is -2.10. The summed E-state index contributed by atoms with van der Waals surface area (Å²) in [6.07, 6.45) is 11.3. The Labute approximate surface area is 118 Å². The molecule has 1 heterocycles. The SMILES string of the molecule is CCC[CH2][Sn]1([CH2]CCC)[CH]=CC(CC)(OC)C=[CH]1. The first kappa shape index (κ1) is 16.3. The van der Waals surface area contributed by atoms with Gasteiger partial charge in [-0.1, -0.05) is 0 Å². The first-order valence-corrected chi connectivity index (χ1v) is 14.9. The average Bonchev–Trinajstić information content (AvgIpc) is 2.44. The first-order chi connectivity index (χ1) is 8.66. The molecule has 0 unspecified atom stereocenters. The number of methoxy groups -OCH3 is 1. The van der Waals surface area contributed by atoms with Gasteiger partial charge in [-0.3, -0.25) is 0 Å². The molecule has 0 fully saturated rings. The van der Waals surface area contributed by atoms with Crippen molar-refractivity contribution in [1.82, 2.24) is 0 Å². The maximum atomic E-state index is 5.69. The van der Waals surface area contributed by atoms with Gasteiger partial charge in [0.15, 0.2) is 0 Å².